The van der Waals surface area contributed by atoms with Gasteiger partial charge in [-0.2, -0.15) is 0 Å². The van der Waals surface area contributed by atoms with Crippen LogP contribution >= 0.6 is 0 Å². The molecule has 122 valence electrons. The van der Waals surface area contributed by atoms with Gasteiger partial charge in [-0.1, -0.05) is 48.5 Å². The van der Waals surface area contributed by atoms with Crippen LogP contribution in [-0.2, 0) is 23.2 Å². The molecule has 5 heteroatoms. The van der Waals surface area contributed by atoms with Crippen molar-refractivity contribution in [3.05, 3.63) is 71.9 Å². The zero-order chi connectivity index (χ0) is 16.9. The van der Waals surface area contributed by atoms with Crippen LogP contribution in [-0.4, -0.2) is 23.0 Å². The van der Waals surface area contributed by atoms with Crippen LogP contribution in [0.25, 0.3) is 10.9 Å². The number of benzene rings is 2. The van der Waals surface area contributed by atoms with Crippen molar-refractivity contribution in [3.8, 4) is 0 Å². The maximum Gasteiger partial charge on any atom is 0.325 e. The Balaban J connectivity index is 1.56. The van der Waals surface area contributed by atoms with Crippen molar-refractivity contribution in [2.45, 2.75) is 6.61 Å². The SMILES string of the molecule is Cn1c(C(=O)NCC(=O)OCc2ccccc2)cc2ccccc21. The summed E-state index contributed by atoms with van der Waals surface area (Å²) in [7, 11) is 1.82. The van der Waals surface area contributed by atoms with Crippen LogP contribution in [0.5, 0.6) is 0 Å². The molecule has 3 aromatic rings. The van der Waals surface area contributed by atoms with E-state index in [0.717, 1.165) is 16.5 Å². The zero-order valence-electron chi connectivity index (χ0n) is 13.4. The third-order valence-corrected chi connectivity index (χ3v) is 3.82. The lowest BCUT2D eigenvalue weighted by Crippen LogP contribution is -2.31. The van der Waals surface area contributed by atoms with Gasteiger partial charge in [-0.25, -0.2) is 0 Å². The van der Waals surface area contributed by atoms with E-state index >= 15 is 0 Å². The Morgan fingerprint density at radius 1 is 1.04 bits per heavy atom. The Morgan fingerprint density at radius 3 is 2.50 bits per heavy atom. The monoisotopic (exact) mass is 322 g/mol. The topological polar surface area (TPSA) is 60.3 Å². The van der Waals surface area contributed by atoms with E-state index < -0.39 is 5.97 Å². The maximum atomic E-state index is 12.3. The Kier molecular flexibility index (Phi) is 4.61. The Hall–Kier alpha value is -3.08. The molecular weight excluding hydrogens is 304 g/mol. The molecule has 0 unspecified atom stereocenters. The van der Waals surface area contributed by atoms with E-state index in [4.69, 9.17) is 4.74 Å². The van der Waals surface area contributed by atoms with Crippen molar-refractivity contribution in [2.24, 2.45) is 7.05 Å². The summed E-state index contributed by atoms with van der Waals surface area (Å²) in [5, 5.41) is 3.59. The highest BCUT2D eigenvalue weighted by Crippen LogP contribution is 2.18. The minimum Gasteiger partial charge on any atom is -0.460 e. The standard InChI is InChI=1S/C19H18N2O3/c1-21-16-10-6-5-9-15(16)11-17(21)19(23)20-12-18(22)24-13-14-7-3-2-4-8-14/h2-11H,12-13H2,1H3,(H,20,23). The summed E-state index contributed by atoms with van der Waals surface area (Å²) >= 11 is 0. The van der Waals surface area contributed by atoms with Crippen LogP contribution in [0.4, 0.5) is 0 Å². The van der Waals surface area contributed by atoms with Crippen molar-refractivity contribution in [2.75, 3.05) is 6.54 Å². The van der Waals surface area contributed by atoms with Crippen LogP contribution in [0.3, 0.4) is 0 Å². The molecule has 0 spiro atoms. The molecule has 0 aliphatic carbocycles. The Labute approximate surface area is 139 Å². The molecule has 0 aliphatic heterocycles. The summed E-state index contributed by atoms with van der Waals surface area (Å²) in [5.41, 5.74) is 2.38. The number of para-hydroxylation sites is 1. The highest BCUT2D eigenvalue weighted by Gasteiger charge is 2.14. The number of esters is 1. The number of hydrogen-bond donors (Lipinski definition) is 1. The summed E-state index contributed by atoms with van der Waals surface area (Å²) in [6.45, 7) is 0.0385. The second kappa shape index (κ2) is 7.00. The van der Waals surface area contributed by atoms with Gasteiger partial charge in [0.25, 0.3) is 5.91 Å². The molecule has 1 amide bonds. The molecule has 0 fully saturated rings. The number of rotatable bonds is 5. The predicted molar refractivity (Wildman–Crippen MR) is 91.5 cm³/mol. The molecule has 1 heterocycles. The fourth-order valence-corrected chi connectivity index (χ4v) is 2.54. The molecule has 0 saturated heterocycles. The molecule has 0 bridgehead atoms. The van der Waals surface area contributed by atoms with Crippen LogP contribution in [0.15, 0.2) is 60.7 Å². The van der Waals surface area contributed by atoms with Gasteiger partial charge in [0, 0.05) is 18.0 Å². The van der Waals surface area contributed by atoms with Crippen LogP contribution in [0.1, 0.15) is 16.1 Å². The maximum absolute atomic E-state index is 12.3. The number of nitrogens with one attached hydrogen (secondary N) is 1. The predicted octanol–water partition coefficient (Wildman–Crippen LogP) is 2.65. The van der Waals surface area contributed by atoms with E-state index in [0.29, 0.717) is 5.69 Å². The summed E-state index contributed by atoms with van der Waals surface area (Å²) < 4.78 is 6.95. The first kappa shape index (κ1) is 15.8. The number of carbonyl (C=O) groups excluding carboxylic acids is 2. The molecule has 0 saturated carbocycles. The normalized spacial score (nSPS) is 10.5. The third kappa shape index (κ3) is 3.46. The fraction of sp³-hybridized carbons (Fsp3) is 0.158. The van der Waals surface area contributed by atoms with Gasteiger partial charge in [-0.05, 0) is 17.7 Å². The van der Waals surface area contributed by atoms with E-state index in [1.165, 1.54) is 0 Å². The molecule has 3 rings (SSSR count). The van der Waals surface area contributed by atoms with E-state index in [9.17, 15) is 9.59 Å². The van der Waals surface area contributed by atoms with Gasteiger partial charge in [0.15, 0.2) is 0 Å². The highest BCUT2D eigenvalue weighted by atomic mass is 16.5. The molecular formula is C19H18N2O3. The molecule has 0 atom stereocenters. The minimum atomic E-state index is -0.467. The second-order valence-electron chi connectivity index (χ2n) is 5.48. The lowest BCUT2D eigenvalue weighted by Gasteiger charge is -2.07. The summed E-state index contributed by atoms with van der Waals surface area (Å²) in [6, 6.07) is 18.9. The van der Waals surface area contributed by atoms with E-state index in [-0.39, 0.29) is 19.1 Å². The zero-order valence-corrected chi connectivity index (χ0v) is 13.4. The molecule has 2 aromatic carbocycles. The van der Waals surface area contributed by atoms with Gasteiger partial charge >= 0.3 is 5.97 Å². The Morgan fingerprint density at radius 2 is 1.75 bits per heavy atom. The van der Waals surface area contributed by atoms with Gasteiger partial charge < -0.3 is 14.6 Å². The fourth-order valence-electron chi connectivity index (χ4n) is 2.54. The van der Waals surface area contributed by atoms with E-state index in [2.05, 4.69) is 5.32 Å². The van der Waals surface area contributed by atoms with Gasteiger partial charge in [0.05, 0.1) is 0 Å². The molecule has 0 radical (unpaired) electrons. The van der Waals surface area contributed by atoms with Gasteiger partial charge in [0.2, 0.25) is 0 Å². The number of fused-ring (bicyclic) bond motifs is 1. The number of hydrogen-bond acceptors (Lipinski definition) is 3. The summed E-state index contributed by atoms with van der Waals surface area (Å²) in [5.74, 6) is -0.767. The van der Waals surface area contributed by atoms with Crippen molar-refractivity contribution < 1.29 is 14.3 Å². The highest BCUT2D eigenvalue weighted by molar-refractivity contribution is 5.99. The third-order valence-electron chi connectivity index (χ3n) is 3.82. The quantitative estimate of drug-likeness (QED) is 0.735. The average molecular weight is 322 g/mol. The Bertz CT molecular complexity index is 869. The minimum absolute atomic E-state index is 0.160. The number of aryl methyl sites for hydroxylation is 1. The lowest BCUT2D eigenvalue weighted by atomic mass is 10.2. The first-order chi connectivity index (χ1) is 11.6. The van der Waals surface area contributed by atoms with E-state index in [1.54, 1.807) is 10.6 Å². The first-order valence-corrected chi connectivity index (χ1v) is 7.67. The van der Waals surface area contributed by atoms with Crippen LogP contribution in [0.2, 0.25) is 0 Å². The van der Waals surface area contributed by atoms with Crippen LogP contribution in [0, 0.1) is 0 Å². The average Bonchev–Trinajstić information content (AvgIpc) is 2.96. The van der Waals surface area contributed by atoms with E-state index in [1.807, 2.05) is 61.6 Å². The number of carbonyl (C=O) groups is 2. The summed E-state index contributed by atoms with van der Waals surface area (Å²) in [6.07, 6.45) is 0. The lowest BCUT2D eigenvalue weighted by molar-refractivity contribution is -0.143. The van der Waals surface area contributed by atoms with Gasteiger partial charge in [-0.3, -0.25) is 9.59 Å². The van der Waals surface area contributed by atoms with Crippen molar-refractivity contribution in [1.29, 1.82) is 0 Å². The van der Waals surface area contributed by atoms with Crippen molar-refractivity contribution >= 4 is 22.8 Å². The van der Waals surface area contributed by atoms with Crippen molar-refractivity contribution in [3.63, 3.8) is 0 Å². The number of aromatic nitrogens is 1. The number of nitrogens with zero attached hydrogens (tertiary/aromatic N) is 1. The van der Waals surface area contributed by atoms with Gasteiger partial charge in [-0.15, -0.1) is 0 Å². The first-order valence-electron chi connectivity index (χ1n) is 7.67. The summed E-state index contributed by atoms with van der Waals surface area (Å²) in [4.78, 5) is 24.0. The second-order valence-corrected chi connectivity index (χ2v) is 5.48. The molecule has 24 heavy (non-hydrogen) atoms. The molecule has 5 nitrogen and oxygen atoms in total. The number of amides is 1. The largest absolute Gasteiger partial charge is 0.460 e. The van der Waals surface area contributed by atoms with Crippen molar-refractivity contribution in [1.82, 2.24) is 9.88 Å². The molecule has 0 aliphatic rings. The molecule has 1 N–H and O–H groups in total. The van der Waals surface area contributed by atoms with Crippen LogP contribution < -0.4 is 5.32 Å². The van der Waals surface area contributed by atoms with Gasteiger partial charge in [0.1, 0.15) is 18.8 Å². The number of ether oxygens (including phenoxy) is 1. The molecule has 1 aromatic heterocycles. The smallest absolute Gasteiger partial charge is 0.325 e.